The predicted molar refractivity (Wildman–Crippen MR) is 75.6 cm³/mol. The Bertz CT molecular complexity index is 261. The van der Waals surface area contributed by atoms with Gasteiger partial charge in [0.25, 0.3) is 0 Å². The number of nitrogens with two attached hydrogens (primary N) is 1. The van der Waals surface area contributed by atoms with E-state index in [1.807, 2.05) is 0 Å². The smallest absolute Gasteiger partial charge is 0.0702 e. The van der Waals surface area contributed by atoms with E-state index in [0.717, 1.165) is 13.2 Å². The van der Waals surface area contributed by atoms with Gasteiger partial charge in [-0.15, -0.1) is 0 Å². The SMILES string of the molecule is CN(CC1CCCCO1)C1CCCC(C)(C)C1N. The van der Waals surface area contributed by atoms with E-state index in [-0.39, 0.29) is 5.41 Å². The fourth-order valence-corrected chi connectivity index (χ4v) is 3.54. The molecule has 2 N–H and O–H groups in total. The third-order valence-electron chi connectivity index (χ3n) is 4.97. The van der Waals surface area contributed by atoms with E-state index in [9.17, 15) is 0 Å². The highest BCUT2D eigenvalue weighted by molar-refractivity contribution is 4.95. The quantitative estimate of drug-likeness (QED) is 0.840. The highest BCUT2D eigenvalue weighted by Crippen LogP contribution is 2.36. The van der Waals surface area contributed by atoms with E-state index in [0.29, 0.717) is 18.2 Å². The Kier molecular flexibility index (Phi) is 4.68. The van der Waals surface area contributed by atoms with Crippen LogP contribution in [0.15, 0.2) is 0 Å². The second-order valence-corrected chi connectivity index (χ2v) is 6.90. The second-order valence-electron chi connectivity index (χ2n) is 6.90. The number of hydrogen-bond acceptors (Lipinski definition) is 3. The van der Waals surface area contributed by atoms with Crippen LogP contribution in [0.1, 0.15) is 52.4 Å². The molecule has 0 spiro atoms. The van der Waals surface area contributed by atoms with Crippen molar-refractivity contribution in [2.45, 2.75) is 70.6 Å². The summed E-state index contributed by atoms with van der Waals surface area (Å²) in [5.74, 6) is 0. The molecule has 0 aromatic rings. The van der Waals surface area contributed by atoms with Gasteiger partial charge in [0.2, 0.25) is 0 Å². The molecule has 3 unspecified atom stereocenters. The molecule has 1 aliphatic carbocycles. The van der Waals surface area contributed by atoms with Crippen molar-refractivity contribution in [2.24, 2.45) is 11.1 Å². The second kappa shape index (κ2) is 5.89. The van der Waals surface area contributed by atoms with E-state index in [4.69, 9.17) is 10.5 Å². The third-order valence-corrected chi connectivity index (χ3v) is 4.97. The molecule has 3 heteroatoms. The van der Waals surface area contributed by atoms with Gasteiger partial charge in [0, 0.05) is 25.2 Å². The maximum atomic E-state index is 6.48. The van der Waals surface area contributed by atoms with Crippen LogP contribution < -0.4 is 5.73 Å². The maximum Gasteiger partial charge on any atom is 0.0702 e. The summed E-state index contributed by atoms with van der Waals surface area (Å²) in [6.07, 6.45) is 8.01. The Morgan fingerprint density at radius 2 is 2.00 bits per heavy atom. The molecule has 2 aliphatic rings. The van der Waals surface area contributed by atoms with Gasteiger partial charge in [0.05, 0.1) is 6.10 Å². The summed E-state index contributed by atoms with van der Waals surface area (Å²) in [4.78, 5) is 2.46. The molecule has 2 fully saturated rings. The summed E-state index contributed by atoms with van der Waals surface area (Å²) in [5, 5.41) is 0. The fraction of sp³-hybridized carbons (Fsp3) is 1.00. The van der Waals surface area contributed by atoms with Crippen molar-refractivity contribution < 1.29 is 4.74 Å². The van der Waals surface area contributed by atoms with Crippen molar-refractivity contribution in [3.05, 3.63) is 0 Å². The molecule has 106 valence electrons. The lowest BCUT2D eigenvalue weighted by Gasteiger charge is -2.46. The number of hydrogen-bond donors (Lipinski definition) is 1. The van der Waals surface area contributed by atoms with Gasteiger partial charge < -0.3 is 10.5 Å². The van der Waals surface area contributed by atoms with Gasteiger partial charge in [-0.25, -0.2) is 0 Å². The molecule has 1 saturated heterocycles. The number of ether oxygens (including phenoxy) is 1. The fourth-order valence-electron chi connectivity index (χ4n) is 3.54. The van der Waals surface area contributed by atoms with E-state index >= 15 is 0 Å². The van der Waals surface area contributed by atoms with Crippen LogP contribution in [0.25, 0.3) is 0 Å². The van der Waals surface area contributed by atoms with Gasteiger partial charge in [-0.05, 0) is 44.6 Å². The average molecular weight is 254 g/mol. The normalized spacial score (nSPS) is 36.8. The van der Waals surface area contributed by atoms with E-state index in [1.165, 1.54) is 38.5 Å². The maximum absolute atomic E-state index is 6.48. The minimum absolute atomic E-state index is 0.282. The lowest BCUT2D eigenvalue weighted by molar-refractivity contribution is -0.0199. The monoisotopic (exact) mass is 254 g/mol. The zero-order valence-electron chi connectivity index (χ0n) is 12.3. The van der Waals surface area contributed by atoms with Crippen LogP contribution in [0, 0.1) is 5.41 Å². The Balaban J connectivity index is 1.89. The van der Waals surface area contributed by atoms with Crippen molar-refractivity contribution in [1.82, 2.24) is 4.90 Å². The van der Waals surface area contributed by atoms with Crippen molar-refractivity contribution in [3.63, 3.8) is 0 Å². The van der Waals surface area contributed by atoms with Crippen LogP contribution in [0.2, 0.25) is 0 Å². The topological polar surface area (TPSA) is 38.5 Å². The molecule has 18 heavy (non-hydrogen) atoms. The summed E-state index contributed by atoms with van der Waals surface area (Å²) in [6.45, 7) is 6.62. The van der Waals surface area contributed by atoms with E-state index in [2.05, 4.69) is 25.8 Å². The largest absolute Gasteiger partial charge is 0.377 e. The molecule has 3 nitrogen and oxygen atoms in total. The lowest BCUT2D eigenvalue weighted by Crippen LogP contribution is -2.57. The number of rotatable bonds is 3. The third kappa shape index (κ3) is 3.25. The van der Waals surface area contributed by atoms with Gasteiger partial charge in [0.15, 0.2) is 0 Å². The van der Waals surface area contributed by atoms with Crippen LogP contribution >= 0.6 is 0 Å². The Morgan fingerprint density at radius 3 is 2.67 bits per heavy atom. The summed E-state index contributed by atoms with van der Waals surface area (Å²) < 4.78 is 5.84. The molecule has 2 rings (SSSR count). The molecule has 3 atom stereocenters. The average Bonchev–Trinajstić information content (AvgIpc) is 2.34. The Morgan fingerprint density at radius 1 is 1.22 bits per heavy atom. The minimum atomic E-state index is 0.282. The molecule has 0 bridgehead atoms. The van der Waals surface area contributed by atoms with E-state index in [1.54, 1.807) is 0 Å². The zero-order chi connectivity index (χ0) is 13.2. The predicted octanol–water partition coefficient (Wildman–Crippen LogP) is 2.39. The van der Waals surface area contributed by atoms with Crippen LogP contribution in [-0.4, -0.2) is 43.3 Å². The highest BCUT2D eigenvalue weighted by Gasteiger charge is 2.38. The number of nitrogens with zero attached hydrogens (tertiary/aromatic N) is 1. The summed E-state index contributed by atoms with van der Waals surface area (Å²) in [6, 6.07) is 0.819. The van der Waals surface area contributed by atoms with Crippen molar-refractivity contribution in [3.8, 4) is 0 Å². The van der Waals surface area contributed by atoms with Gasteiger partial charge in [-0.3, -0.25) is 4.90 Å². The summed E-state index contributed by atoms with van der Waals surface area (Å²) >= 11 is 0. The Labute approximate surface area is 112 Å². The van der Waals surface area contributed by atoms with Crippen molar-refractivity contribution in [2.75, 3.05) is 20.2 Å². The first-order valence-corrected chi connectivity index (χ1v) is 7.58. The standard InChI is InChI=1S/C15H30N2O/c1-15(2)9-6-8-13(14(15)16)17(3)11-12-7-4-5-10-18-12/h12-14H,4-11,16H2,1-3H3. The Hall–Kier alpha value is -0.120. The van der Waals surface area contributed by atoms with Crippen LogP contribution in [0.5, 0.6) is 0 Å². The van der Waals surface area contributed by atoms with Gasteiger partial charge in [-0.2, -0.15) is 0 Å². The molecule has 0 aromatic carbocycles. The van der Waals surface area contributed by atoms with Gasteiger partial charge in [-0.1, -0.05) is 20.3 Å². The van der Waals surface area contributed by atoms with E-state index < -0.39 is 0 Å². The van der Waals surface area contributed by atoms with Crippen molar-refractivity contribution >= 4 is 0 Å². The van der Waals surface area contributed by atoms with Crippen LogP contribution in [0.4, 0.5) is 0 Å². The van der Waals surface area contributed by atoms with Crippen LogP contribution in [-0.2, 0) is 4.74 Å². The molecular formula is C15H30N2O. The van der Waals surface area contributed by atoms with Crippen molar-refractivity contribution in [1.29, 1.82) is 0 Å². The minimum Gasteiger partial charge on any atom is -0.377 e. The molecule has 1 saturated carbocycles. The summed E-state index contributed by atoms with van der Waals surface area (Å²) in [5.41, 5.74) is 6.76. The molecule has 0 amide bonds. The van der Waals surface area contributed by atoms with Crippen LogP contribution in [0.3, 0.4) is 0 Å². The lowest BCUT2D eigenvalue weighted by atomic mass is 9.71. The molecule has 0 aromatic heterocycles. The zero-order valence-corrected chi connectivity index (χ0v) is 12.3. The first-order valence-electron chi connectivity index (χ1n) is 7.58. The first-order chi connectivity index (χ1) is 8.50. The molecule has 0 radical (unpaired) electrons. The first kappa shape index (κ1) is 14.3. The summed E-state index contributed by atoms with van der Waals surface area (Å²) in [7, 11) is 2.23. The molecular weight excluding hydrogens is 224 g/mol. The number of likely N-dealkylation sites (N-methyl/N-ethyl adjacent to an activating group) is 1. The highest BCUT2D eigenvalue weighted by atomic mass is 16.5. The van der Waals surface area contributed by atoms with Gasteiger partial charge in [0.1, 0.15) is 0 Å². The molecule has 1 heterocycles. The van der Waals surface area contributed by atoms with Gasteiger partial charge >= 0.3 is 0 Å². The molecule has 1 aliphatic heterocycles.